The molecule has 4 heterocycles. The van der Waals surface area contributed by atoms with Crippen LogP contribution in [0.3, 0.4) is 0 Å². The molecule has 14 rings (SSSR count). The summed E-state index contributed by atoms with van der Waals surface area (Å²) in [6.45, 7) is 20.4. The first-order chi connectivity index (χ1) is 42.6. The number of hydrogen-bond donors (Lipinski definition) is 0. The van der Waals surface area contributed by atoms with E-state index in [-0.39, 0.29) is 46.0 Å². The molecule has 0 saturated carbocycles. The van der Waals surface area contributed by atoms with Crippen LogP contribution in [0.15, 0.2) is 249 Å². The molecule has 1 unspecified atom stereocenters. The van der Waals surface area contributed by atoms with Crippen LogP contribution in [0, 0.1) is 0 Å². The van der Waals surface area contributed by atoms with Crippen LogP contribution in [0.2, 0.25) is 0 Å². The minimum Gasteiger partial charge on any atom is -0.457 e. The van der Waals surface area contributed by atoms with Crippen molar-refractivity contribution in [3.05, 3.63) is 265 Å². The quantitative estimate of drug-likeness (QED) is 0.135. The van der Waals surface area contributed by atoms with Gasteiger partial charge in [0.1, 0.15) is 24.0 Å². The van der Waals surface area contributed by atoms with Crippen LogP contribution in [0.25, 0.3) is 44.5 Å². The summed E-state index contributed by atoms with van der Waals surface area (Å²) in [5, 5.41) is 5.32. The van der Waals surface area contributed by atoms with Gasteiger partial charge in [-0.3, -0.25) is 4.90 Å². The molecule has 0 spiro atoms. The van der Waals surface area contributed by atoms with E-state index in [9.17, 15) is 2.74 Å². The first-order valence-corrected chi connectivity index (χ1v) is 31.2. The molecule has 3 aliphatic rings. The molecule has 1 atom stereocenters. The lowest BCUT2D eigenvalue weighted by atomic mass is 9.82. The van der Waals surface area contributed by atoms with E-state index in [0.29, 0.717) is 23.7 Å². The standard InChI is InChI=1S/C78H70N4OSi/c1-76(2,3)56-40-38-52(39-41-56)54-44-55(46-58(45-54)78(7,8)9)64-32-23-31-63(53-24-12-10-13-25-53)74(64)81-51-80(67-33-17-18-34-68(67)81)59-26-22-27-60(48-59)83-61-49-66-65-30-16-20-36-71(65)84(62-28-14-11-15-29-62)72-37-21-19-35-69(72)82(70(50-61)75(66)84)73-47-57(42-43-79-73)77(4,5)6/h10-50H,51H2,1-9H3/i10D,12D,13D,24D,25D. The highest BCUT2D eigenvalue weighted by atomic mass is 28.3. The van der Waals surface area contributed by atoms with Gasteiger partial charge in [0.15, 0.2) is 8.07 Å². The smallest absolute Gasteiger partial charge is 0.185 e. The molecule has 10 aromatic carbocycles. The zero-order chi connectivity index (χ0) is 62.1. The normalized spacial score (nSPS) is 16.0. The van der Waals surface area contributed by atoms with Gasteiger partial charge in [-0.25, -0.2) is 4.98 Å². The first-order valence-electron chi connectivity index (χ1n) is 31.7. The van der Waals surface area contributed by atoms with E-state index in [4.69, 9.17) is 13.8 Å². The van der Waals surface area contributed by atoms with Crippen LogP contribution in [0.1, 0.15) is 85.9 Å². The van der Waals surface area contributed by atoms with Crippen molar-refractivity contribution in [2.24, 2.45) is 0 Å². The summed E-state index contributed by atoms with van der Waals surface area (Å²) in [6.07, 6.45) is 1.94. The van der Waals surface area contributed by atoms with Gasteiger partial charge in [-0.2, -0.15) is 0 Å². The monoisotopic (exact) mass is 1110 g/mol. The largest absolute Gasteiger partial charge is 0.457 e. The Morgan fingerprint density at radius 3 is 1.77 bits per heavy atom. The molecule has 11 aromatic rings. The van der Waals surface area contributed by atoms with E-state index in [1.165, 1.54) is 37.4 Å². The summed E-state index contributed by atoms with van der Waals surface area (Å²) in [5.74, 6) is 2.20. The molecule has 84 heavy (non-hydrogen) atoms. The van der Waals surface area contributed by atoms with Gasteiger partial charge in [0.05, 0.1) is 29.6 Å². The summed E-state index contributed by atoms with van der Waals surface area (Å²) in [6, 6.07) is 74.3. The van der Waals surface area contributed by atoms with E-state index in [0.717, 1.165) is 73.3 Å². The lowest BCUT2D eigenvalue weighted by Crippen LogP contribution is -2.75. The highest BCUT2D eigenvalue weighted by Crippen LogP contribution is 2.52. The third-order valence-electron chi connectivity index (χ3n) is 17.3. The Morgan fingerprint density at radius 1 is 0.429 bits per heavy atom. The van der Waals surface area contributed by atoms with Crippen molar-refractivity contribution in [2.75, 3.05) is 21.4 Å². The highest BCUT2D eigenvalue weighted by Gasteiger charge is 2.55. The number of para-hydroxylation sites is 4. The third kappa shape index (κ3) is 8.85. The SMILES string of the molecule is [2H]c1c([2H])c([2H])c(-c2cccc(-c3cc(-c4ccc(C(C)(C)C)cc4)cc(C(C)(C)C)c3)c2N2CN(c3cccc(Oc4cc5c6c(c4)N(c4cc(C(C)(C)C)ccn4)c4ccccc4[Si]6(c4ccccc4)c4ccccc4-5)c3)c3ccccc32)c([2H])c1[2H]. The van der Waals surface area contributed by atoms with Crippen LogP contribution in [0.5, 0.6) is 11.5 Å². The molecule has 412 valence electrons. The summed E-state index contributed by atoms with van der Waals surface area (Å²) in [5.41, 5.74) is 15.8. The topological polar surface area (TPSA) is 31.8 Å². The van der Waals surface area contributed by atoms with Crippen LogP contribution in [0.4, 0.5) is 39.9 Å². The maximum atomic E-state index is 9.44. The van der Waals surface area contributed by atoms with Gasteiger partial charge in [0, 0.05) is 40.8 Å². The maximum absolute atomic E-state index is 9.44. The summed E-state index contributed by atoms with van der Waals surface area (Å²) >= 11 is 0. The second kappa shape index (κ2) is 20.0. The third-order valence-corrected chi connectivity index (χ3v) is 22.3. The maximum Gasteiger partial charge on any atom is 0.185 e. The molecule has 3 aliphatic heterocycles. The summed E-state index contributed by atoms with van der Waals surface area (Å²) < 4.78 is 52.6. The van der Waals surface area contributed by atoms with Gasteiger partial charge >= 0.3 is 0 Å². The minimum atomic E-state index is -2.93. The minimum absolute atomic E-state index is 0.0119. The molecule has 0 fully saturated rings. The van der Waals surface area contributed by atoms with Crippen LogP contribution in [-0.2, 0) is 16.2 Å². The predicted octanol–water partition coefficient (Wildman–Crippen LogP) is 18.2. The number of rotatable bonds is 9. The van der Waals surface area contributed by atoms with Gasteiger partial charge in [0.25, 0.3) is 0 Å². The van der Waals surface area contributed by atoms with Crippen molar-refractivity contribution in [3.63, 3.8) is 0 Å². The molecule has 5 nitrogen and oxygen atoms in total. The molecule has 0 radical (unpaired) electrons. The Labute approximate surface area is 504 Å². The number of pyridine rings is 1. The molecule has 0 saturated heterocycles. The van der Waals surface area contributed by atoms with Crippen molar-refractivity contribution in [1.29, 1.82) is 0 Å². The van der Waals surface area contributed by atoms with E-state index < -0.39 is 14.1 Å². The molecule has 0 N–H and O–H groups in total. The Balaban J connectivity index is 0.918. The fourth-order valence-corrected chi connectivity index (χ4v) is 18.6. The number of ether oxygens (including phenoxy) is 1. The highest BCUT2D eigenvalue weighted by molar-refractivity contribution is 7.23. The Kier molecular flexibility index (Phi) is 11.3. The number of anilines is 7. The van der Waals surface area contributed by atoms with Gasteiger partial charge in [-0.05, 0) is 142 Å². The van der Waals surface area contributed by atoms with Crippen molar-refractivity contribution in [1.82, 2.24) is 4.98 Å². The van der Waals surface area contributed by atoms with Crippen molar-refractivity contribution >= 4 is 68.8 Å². The van der Waals surface area contributed by atoms with E-state index in [2.05, 4.69) is 253 Å². The van der Waals surface area contributed by atoms with E-state index >= 15 is 0 Å². The summed E-state index contributed by atoms with van der Waals surface area (Å²) in [4.78, 5) is 12.0. The van der Waals surface area contributed by atoms with Gasteiger partial charge in [-0.15, -0.1) is 0 Å². The molecule has 6 heteroatoms. The fourth-order valence-electron chi connectivity index (χ4n) is 13.1. The zero-order valence-electron chi connectivity index (χ0n) is 54.2. The number of nitrogens with zero attached hydrogens (tertiary/aromatic N) is 4. The number of benzene rings is 10. The first kappa shape index (κ1) is 47.3. The lowest BCUT2D eigenvalue weighted by molar-refractivity contribution is 0.483. The Hall–Kier alpha value is -9.23. The van der Waals surface area contributed by atoms with Gasteiger partial charge in [-0.1, -0.05) is 238 Å². The van der Waals surface area contributed by atoms with Gasteiger partial charge in [0.2, 0.25) is 0 Å². The molecular formula is C78H70N4OSi. The Morgan fingerprint density at radius 2 is 1.05 bits per heavy atom. The molecule has 0 aliphatic carbocycles. The van der Waals surface area contributed by atoms with Crippen LogP contribution < -0.4 is 40.2 Å². The number of fused-ring (bicyclic) bond motifs is 6. The lowest BCUT2D eigenvalue weighted by Gasteiger charge is -2.43. The molecule has 0 bridgehead atoms. The average molecular weight is 1110 g/mol. The van der Waals surface area contributed by atoms with E-state index in [1.54, 1.807) is 0 Å². The van der Waals surface area contributed by atoms with Crippen molar-refractivity contribution in [3.8, 4) is 56.0 Å². The fraction of sp³-hybridized carbons (Fsp3) is 0.167. The van der Waals surface area contributed by atoms with Gasteiger partial charge < -0.3 is 14.5 Å². The van der Waals surface area contributed by atoms with Crippen molar-refractivity contribution in [2.45, 2.75) is 78.6 Å². The number of hydrogen-bond acceptors (Lipinski definition) is 5. The molecule has 1 aromatic heterocycles. The van der Waals surface area contributed by atoms with Crippen molar-refractivity contribution < 1.29 is 11.6 Å². The van der Waals surface area contributed by atoms with E-state index in [1.807, 2.05) is 42.6 Å². The molecular weight excluding hydrogens is 1040 g/mol. The zero-order valence-corrected chi connectivity index (χ0v) is 50.2. The second-order valence-electron chi connectivity index (χ2n) is 25.7. The average Bonchev–Trinajstić information content (AvgIpc) is 1.56. The summed E-state index contributed by atoms with van der Waals surface area (Å²) in [7, 11) is -2.93. The Bertz CT molecular complexity index is 4630. The van der Waals surface area contributed by atoms with Crippen LogP contribution in [-0.4, -0.2) is 19.7 Å². The molecule has 0 amide bonds. The number of aromatic nitrogens is 1. The van der Waals surface area contributed by atoms with Crippen LogP contribution >= 0.6 is 0 Å². The predicted molar refractivity (Wildman–Crippen MR) is 356 cm³/mol. The second-order valence-corrected chi connectivity index (χ2v) is 29.4.